The molecule has 0 bridgehead atoms. The highest BCUT2D eigenvalue weighted by atomic mass is 32.1. The van der Waals surface area contributed by atoms with Crippen molar-refractivity contribution in [1.29, 1.82) is 0 Å². The molecule has 3 heteroatoms. The smallest absolute Gasteiger partial charge is 0.129 e. The van der Waals surface area contributed by atoms with E-state index < -0.39 is 0 Å². The van der Waals surface area contributed by atoms with Gasteiger partial charge >= 0.3 is 0 Å². The maximum atomic E-state index is 5.22. The Hall–Kier alpha value is -0.700. The summed E-state index contributed by atoms with van der Waals surface area (Å²) in [4.78, 5) is 7.94. The Morgan fingerprint density at radius 3 is 2.88 bits per heavy atom. The second-order valence-electron chi connectivity index (χ2n) is 4.77. The third-order valence-electron chi connectivity index (χ3n) is 3.70. The fraction of sp³-hybridized carbons (Fsp3) is 0.692. The lowest BCUT2D eigenvalue weighted by Gasteiger charge is -2.11. The first kappa shape index (κ1) is 11.8. The van der Waals surface area contributed by atoms with Crippen LogP contribution in [0.15, 0.2) is 6.07 Å². The Balaban J connectivity index is 2.21. The monoisotopic (exact) mass is 236 g/mol. The Bertz CT molecular complexity index is 411. The summed E-state index contributed by atoms with van der Waals surface area (Å²) in [6, 6.07) is 1.98. The largest absolute Gasteiger partial charge is 0.347 e. The molecule has 1 N–H and O–H groups in total. The van der Waals surface area contributed by atoms with Crippen molar-refractivity contribution in [2.24, 2.45) is 5.92 Å². The van der Waals surface area contributed by atoms with Gasteiger partial charge in [0.25, 0.3) is 0 Å². The fourth-order valence-electron chi connectivity index (χ4n) is 2.61. The van der Waals surface area contributed by atoms with Crippen molar-refractivity contribution in [3.05, 3.63) is 22.2 Å². The van der Waals surface area contributed by atoms with Crippen molar-refractivity contribution in [2.45, 2.75) is 51.9 Å². The van der Waals surface area contributed by atoms with Gasteiger partial charge < -0.3 is 4.98 Å². The van der Waals surface area contributed by atoms with Crippen LogP contribution in [0.5, 0.6) is 0 Å². The fourth-order valence-corrected chi connectivity index (χ4v) is 2.85. The van der Waals surface area contributed by atoms with Crippen molar-refractivity contribution < 1.29 is 0 Å². The molecular weight excluding hydrogens is 216 g/mol. The van der Waals surface area contributed by atoms with E-state index in [1.54, 1.807) is 0 Å². The van der Waals surface area contributed by atoms with Crippen molar-refractivity contribution >= 4 is 12.2 Å². The highest BCUT2D eigenvalue weighted by molar-refractivity contribution is 7.71. The summed E-state index contributed by atoms with van der Waals surface area (Å²) in [5, 5.41) is 0. The van der Waals surface area contributed by atoms with Crippen LogP contribution in [0.25, 0.3) is 0 Å². The Kier molecular flexibility index (Phi) is 3.74. The zero-order valence-corrected chi connectivity index (χ0v) is 10.9. The van der Waals surface area contributed by atoms with E-state index in [1.807, 2.05) is 6.07 Å². The minimum absolute atomic E-state index is 0.609. The number of nitrogens with one attached hydrogen (secondary N) is 1. The lowest BCUT2D eigenvalue weighted by molar-refractivity contribution is 0.516. The molecule has 0 amide bonds. The van der Waals surface area contributed by atoms with Crippen LogP contribution in [0.3, 0.4) is 0 Å². The molecule has 2 rings (SSSR count). The third kappa shape index (κ3) is 2.51. The van der Waals surface area contributed by atoms with Gasteiger partial charge in [0, 0.05) is 11.6 Å². The zero-order chi connectivity index (χ0) is 11.5. The number of nitrogens with zero attached hydrogens (tertiary/aromatic N) is 1. The van der Waals surface area contributed by atoms with Gasteiger partial charge in [-0.05, 0) is 37.7 Å². The van der Waals surface area contributed by atoms with Crippen LogP contribution in [-0.4, -0.2) is 9.97 Å². The van der Waals surface area contributed by atoms with Crippen LogP contribution in [0.1, 0.15) is 57.0 Å². The van der Waals surface area contributed by atoms with Gasteiger partial charge in [0.1, 0.15) is 10.5 Å². The molecule has 0 spiro atoms. The number of aryl methyl sites for hydroxylation is 1. The molecule has 1 aliphatic carbocycles. The van der Waals surface area contributed by atoms with Crippen LogP contribution in [0.4, 0.5) is 0 Å². The summed E-state index contributed by atoms with van der Waals surface area (Å²) < 4.78 is 0.741. The number of aromatic nitrogens is 2. The predicted octanol–water partition coefficient (Wildman–Crippen LogP) is 4.00. The third-order valence-corrected chi connectivity index (χ3v) is 3.91. The van der Waals surface area contributed by atoms with E-state index in [0.29, 0.717) is 5.92 Å². The Labute approximate surface area is 103 Å². The van der Waals surface area contributed by atoms with Crippen molar-refractivity contribution in [3.63, 3.8) is 0 Å². The summed E-state index contributed by atoms with van der Waals surface area (Å²) in [6.07, 6.45) is 6.19. The van der Waals surface area contributed by atoms with Crippen LogP contribution in [-0.2, 0) is 6.42 Å². The van der Waals surface area contributed by atoms with Crippen LogP contribution >= 0.6 is 12.2 Å². The van der Waals surface area contributed by atoms with E-state index in [1.165, 1.54) is 31.4 Å². The predicted molar refractivity (Wildman–Crippen MR) is 69.2 cm³/mol. The molecule has 2 unspecified atom stereocenters. The quantitative estimate of drug-likeness (QED) is 0.804. The van der Waals surface area contributed by atoms with Gasteiger partial charge in [-0.3, -0.25) is 0 Å². The second kappa shape index (κ2) is 5.09. The molecule has 0 radical (unpaired) electrons. The first-order valence-electron chi connectivity index (χ1n) is 6.33. The molecule has 0 aromatic carbocycles. The van der Waals surface area contributed by atoms with Gasteiger partial charge in [-0.15, -0.1) is 0 Å². The normalized spacial score (nSPS) is 24.9. The van der Waals surface area contributed by atoms with Gasteiger partial charge in [-0.25, -0.2) is 4.98 Å². The van der Waals surface area contributed by atoms with E-state index in [2.05, 4.69) is 23.8 Å². The lowest BCUT2D eigenvalue weighted by atomic mass is 10.0. The number of rotatable bonds is 3. The van der Waals surface area contributed by atoms with Crippen LogP contribution in [0.2, 0.25) is 0 Å². The molecule has 1 aromatic rings. The molecule has 88 valence electrons. The average molecular weight is 236 g/mol. The number of aromatic amines is 1. The van der Waals surface area contributed by atoms with E-state index >= 15 is 0 Å². The minimum atomic E-state index is 0.609. The van der Waals surface area contributed by atoms with Gasteiger partial charge in [0.15, 0.2) is 0 Å². The summed E-state index contributed by atoms with van der Waals surface area (Å²) >= 11 is 5.22. The molecule has 1 fully saturated rings. The molecule has 2 atom stereocenters. The molecule has 1 heterocycles. The van der Waals surface area contributed by atoms with Gasteiger partial charge in [0.2, 0.25) is 0 Å². The van der Waals surface area contributed by atoms with Gasteiger partial charge in [0.05, 0.1) is 0 Å². The highest BCUT2D eigenvalue weighted by Gasteiger charge is 2.26. The van der Waals surface area contributed by atoms with E-state index in [9.17, 15) is 0 Å². The van der Waals surface area contributed by atoms with Crippen molar-refractivity contribution in [1.82, 2.24) is 9.97 Å². The summed E-state index contributed by atoms with van der Waals surface area (Å²) in [7, 11) is 0. The lowest BCUT2D eigenvalue weighted by Crippen LogP contribution is -2.04. The first-order valence-corrected chi connectivity index (χ1v) is 6.73. The molecule has 16 heavy (non-hydrogen) atoms. The summed E-state index contributed by atoms with van der Waals surface area (Å²) in [5.74, 6) is 2.62. The van der Waals surface area contributed by atoms with Crippen LogP contribution < -0.4 is 0 Å². The second-order valence-corrected chi connectivity index (χ2v) is 5.19. The summed E-state index contributed by atoms with van der Waals surface area (Å²) in [6.45, 7) is 4.43. The maximum absolute atomic E-state index is 5.22. The average Bonchev–Trinajstić information content (AvgIpc) is 2.76. The molecule has 0 saturated heterocycles. The van der Waals surface area contributed by atoms with Crippen molar-refractivity contribution in [2.75, 3.05) is 0 Å². The van der Waals surface area contributed by atoms with Crippen molar-refractivity contribution in [3.8, 4) is 0 Å². The van der Waals surface area contributed by atoms with E-state index in [4.69, 9.17) is 12.2 Å². The molecule has 1 aliphatic rings. The Morgan fingerprint density at radius 2 is 2.25 bits per heavy atom. The van der Waals surface area contributed by atoms with Gasteiger partial charge in [-0.1, -0.05) is 32.5 Å². The zero-order valence-electron chi connectivity index (χ0n) is 10.1. The first-order chi connectivity index (χ1) is 7.72. The van der Waals surface area contributed by atoms with Gasteiger partial charge in [-0.2, -0.15) is 0 Å². The molecule has 1 aromatic heterocycles. The summed E-state index contributed by atoms with van der Waals surface area (Å²) in [5.41, 5.74) is 1.22. The number of hydrogen-bond donors (Lipinski definition) is 1. The molecule has 0 aliphatic heterocycles. The maximum Gasteiger partial charge on any atom is 0.129 e. The SMILES string of the molecule is CCc1cc(=S)nc(C2CCC(CC)C2)[nH]1. The number of hydrogen-bond acceptors (Lipinski definition) is 2. The Morgan fingerprint density at radius 1 is 1.44 bits per heavy atom. The van der Waals surface area contributed by atoms with Crippen LogP contribution in [0, 0.1) is 10.6 Å². The van der Waals surface area contributed by atoms with E-state index in [0.717, 1.165) is 22.8 Å². The standard InChI is InChI=1S/C13H20N2S/c1-3-9-5-6-10(7-9)13-14-11(4-2)8-12(16)15-13/h8-10H,3-7H2,1-2H3,(H,14,15,16). The number of H-pyrrole nitrogens is 1. The highest BCUT2D eigenvalue weighted by Crippen LogP contribution is 2.38. The molecule has 1 saturated carbocycles. The molecule has 2 nitrogen and oxygen atoms in total. The van der Waals surface area contributed by atoms with E-state index in [-0.39, 0.29) is 0 Å². The molecular formula is C13H20N2S. The minimum Gasteiger partial charge on any atom is -0.347 e. The topological polar surface area (TPSA) is 28.7 Å².